The molecule has 126 valence electrons. The number of nitrogens with zero attached hydrogens (tertiary/aromatic N) is 1. The van der Waals surface area contributed by atoms with Gasteiger partial charge in [0.15, 0.2) is 0 Å². The molecule has 1 aliphatic heterocycles. The van der Waals surface area contributed by atoms with Crippen LogP contribution in [0, 0.1) is 5.92 Å². The number of nitrogens with one attached hydrogen (secondary N) is 1. The van der Waals surface area contributed by atoms with E-state index in [2.05, 4.69) is 10.2 Å². The van der Waals surface area contributed by atoms with Crippen LogP contribution in [-0.4, -0.2) is 36.2 Å². The van der Waals surface area contributed by atoms with E-state index in [0.717, 1.165) is 31.7 Å². The molecule has 3 rings (SSSR count). The first kappa shape index (κ1) is 20.1. The molecule has 0 bridgehead atoms. The minimum absolute atomic E-state index is 0. The van der Waals surface area contributed by atoms with E-state index in [0.29, 0.717) is 10.9 Å². The lowest BCUT2D eigenvalue weighted by Gasteiger charge is -2.43. The lowest BCUT2D eigenvalue weighted by atomic mass is 9.76. The molecule has 0 spiro atoms. The van der Waals surface area contributed by atoms with E-state index >= 15 is 0 Å². The summed E-state index contributed by atoms with van der Waals surface area (Å²) in [7, 11) is 0. The molecule has 1 aromatic carbocycles. The van der Waals surface area contributed by atoms with E-state index in [1.165, 1.54) is 19.3 Å². The first-order chi connectivity index (χ1) is 9.68. The average molecular weight is 388 g/mol. The summed E-state index contributed by atoms with van der Waals surface area (Å²) in [4.78, 5) is 2.47. The Hall–Kier alpha value is 0.1000. The predicted octanol–water partition coefficient (Wildman–Crippen LogP) is 4.29. The summed E-state index contributed by atoms with van der Waals surface area (Å²) in [5.74, 6) is 0.783. The third-order valence-corrected chi connectivity index (χ3v) is 5.35. The van der Waals surface area contributed by atoms with Crippen molar-refractivity contribution in [3.8, 4) is 5.75 Å². The van der Waals surface area contributed by atoms with Crippen LogP contribution in [0.25, 0.3) is 0 Å². The van der Waals surface area contributed by atoms with Crippen molar-refractivity contribution >= 4 is 48.0 Å². The fraction of sp³-hybridized carbons (Fsp3) is 0.600. The second-order valence-electron chi connectivity index (χ2n) is 5.72. The molecule has 22 heavy (non-hydrogen) atoms. The fourth-order valence-electron chi connectivity index (χ4n) is 3.26. The number of benzene rings is 1. The topological polar surface area (TPSA) is 35.5 Å². The Morgan fingerprint density at radius 2 is 1.77 bits per heavy atom. The molecular weight excluding hydrogens is 366 g/mol. The van der Waals surface area contributed by atoms with Crippen molar-refractivity contribution in [1.82, 2.24) is 10.2 Å². The molecule has 1 saturated heterocycles. The van der Waals surface area contributed by atoms with Gasteiger partial charge in [-0.2, -0.15) is 0 Å². The van der Waals surface area contributed by atoms with Crippen molar-refractivity contribution in [2.45, 2.75) is 25.3 Å². The Morgan fingerprint density at radius 1 is 1.14 bits per heavy atom. The zero-order valence-corrected chi connectivity index (χ0v) is 15.4. The first-order valence-electron chi connectivity index (χ1n) is 7.30. The Morgan fingerprint density at radius 3 is 2.32 bits per heavy atom. The maximum Gasteiger partial charge on any atom is 0.140 e. The van der Waals surface area contributed by atoms with Gasteiger partial charge in [0, 0.05) is 37.8 Å². The summed E-state index contributed by atoms with van der Waals surface area (Å²) in [5, 5.41) is 14.5. The average Bonchev–Trinajstić information content (AvgIpc) is 2.42. The molecule has 1 heterocycles. The summed E-state index contributed by atoms with van der Waals surface area (Å²) in [6.07, 6.45) is 3.75. The largest absolute Gasteiger partial charge is 0.506 e. The highest BCUT2D eigenvalue weighted by Crippen LogP contribution is 2.46. The fourth-order valence-corrected chi connectivity index (χ4v) is 3.58. The van der Waals surface area contributed by atoms with Gasteiger partial charge in [0.25, 0.3) is 0 Å². The lowest BCUT2D eigenvalue weighted by Crippen LogP contribution is -2.47. The van der Waals surface area contributed by atoms with Crippen molar-refractivity contribution in [3.05, 3.63) is 27.7 Å². The molecule has 3 nitrogen and oxygen atoms in total. The number of phenols is 1. The van der Waals surface area contributed by atoms with Crippen molar-refractivity contribution in [2.75, 3.05) is 26.2 Å². The van der Waals surface area contributed by atoms with Gasteiger partial charge in [0.1, 0.15) is 10.8 Å². The molecule has 2 aliphatic rings. The van der Waals surface area contributed by atoms with Crippen molar-refractivity contribution in [1.29, 1.82) is 0 Å². The van der Waals surface area contributed by atoms with E-state index in [-0.39, 0.29) is 41.6 Å². The number of halogens is 4. The summed E-state index contributed by atoms with van der Waals surface area (Å²) in [6, 6.07) is 4.00. The van der Waals surface area contributed by atoms with Crippen LogP contribution >= 0.6 is 48.0 Å². The third-order valence-electron chi connectivity index (χ3n) is 4.56. The first-order valence-corrected chi connectivity index (χ1v) is 8.05. The maximum absolute atomic E-state index is 10.4. The van der Waals surface area contributed by atoms with Crippen molar-refractivity contribution in [3.63, 3.8) is 0 Å². The number of hydrogen-bond donors (Lipinski definition) is 2. The number of piperazine rings is 1. The van der Waals surface area contributed by atoms with Gasteiger partial charge < -0.3 is 10.4 Å². The summed E-state index contributed by atoms with van der Waals surface area (Å²) in [6.45, 7) is 4.04. The summed E-state index contributed by atoms with van der Waals surface area (Å²) >= 11 is 12.1. The number of phenolic OH excluding ortho intramolecular Hbond substituents is 1. The van der Waals surface area contributed by atoms with E-state index in [1.54, 1.807) is 6.07 Å². The zero-order valence-electron chi connectivity index (χ0n) is 12.2. The van der Waals surface area contributed by atoms with E-state index < -0.39 is 0 Å². The van der Waals surface area contributed by atoms with Gasteiger partial charge in [-0.15, -0.1) is 24.8 Å². The second kappa shape index (κ2) is 8.81. The highest BCUT2D eigenvalue weighted by molar-refractivity contribution is 6.43. The Labute approximate surface area is 154 Å². The van der Waals surface area contributed by atoms with Crippen LogP contribution in [0.1, 0.15) is 30.9 Å². The minimum Gasteiger partial charge on any atom is -0.506 e. The van der Waals surface area contributed by atoms with Gasteiger partial charge >= 0.3 is 0 Å². The number of aromatic hydroxyl groups is 1. The van der Waals surface area contributed by atoms with Crippen LogP contribution < -0.4 is 5.32 Å². The van der Waals surface area contributed by atoms with Crippen LogP contribution in [0.2, 0.25) is 10.0 Å². The highest BCUT2D eigenvalue weighted by Gasteiger charge is 2.35. The molecule has 1 aliphatic carbocycles. The van der Waals surface area contributed by atoms with E-state index in [4.69, 9.17) is 23.2 Å². The van der Waals surface area contributed by atoms with Crippen LogP contribution in [-0.2, 0) is 0 Å². The molecule has 2 N–H and O–H groups in total. The number of hydrogen-bond acceptors (Lipinski definition) is 3. The standard InChI is InChI=1S/C15H20Cl2N2O.2ClH/c16-12-5-4-11(15(20)13(12)17)14(10-2-1-3-10)19-8-6-18-7-9-19;;/h4-5,10,14,18,20H,1-3,6-9H2;2*1H/t14-;;/m1../s1. The van der Waals surface area contributed by atoms with Crippen LogP contribution in [0.15, 0.2) is 12.1 Å². The molecule has 0 unspecified atom stereocenters. The normalized spacial score (nSPS) is 20.5. The molecule has 1 aromatic rings. The SMILES string of the molecule is Cl.Cl.Oc1c([C@@H](C2CCC2)N2CCNCC2)ccc(Cl)c1Cl. The second-order valence-corrected chi connectivity index (χ2v) is 6.51. The Bertz CT molecular complexity index is 491. The highest BCUT2D eigenvalue weighted by atomic mass is 35.5. The molecule has 1 saturated carbocycles. The molecule has 0 aromatic heterocycles. The van der Waals surface area contributed by atoms with Gasteiger partial charge in [0.05, 0.1) is 5.02 Å². The lowest BCUT2D eigenvalue weighted by molar-refractivity contribution is 0.0819. The van der Waals surface area contributed by atoms with Crippen molar-refractivity contribution in [2.24, 2.45) is 5.92 Å². The maximum atomic E-state index is 10.4. The van der Waals surface area contributed by atoms with E-state index in [1.807, 2.05) is 6.07 Å². The van der Waals surface area contributed by atoms with Crippen LogP contribution in [0.3, 0.4) is 0 Å². The molecule has 0 amide bonds. The van der Waals surface area contributed by atoms with Gasteiger partial charge in [0.2, 0.25) is 0 Å². The van der Waals surface area contributed by atoms with Gasteiger partial charge in [-0.1, -0.05) is 35.7 Å². The van der Waals surface area contributed by atoms with Crippen LogP contribution in [0.4, 0.5) is 0 Å². The third kappa shape index (κ3) is 3.95. The monoisotopic (exact) mass is 386 g/mol. The Balaban J connectivity index is 0.00000121. The molecule has 2 fully saturated rings. The minimum atomic E-state index is 0. The van der Waals surface area contributed by atoms with Crippen molar-refractivity contribution < 1.29 is 5.11 Å². The van der Waals surface area contributed by atoms with Gasteiger partial charge in [-0.25, -0.2) is 0 Å². The zero-order chi connectivity index (χ0) is 14.1. The quantitative estimate of drug-likeness (QED) is 0.811. The number of rotatable bonds is 3. The van der Waals surface area contributed by atoms with Crippen LogP contribution in [0.5, 0.6) is 5.75 Å². The molecular formula is C15H22Cl4N2O. The molecule has 1 atom stereocenters. The summed E-state index contributed by atoms with van der Waals surface area (Å²) in [5.41, 5.74) is 0.936. The molecule has 0 radical (unpaired) electrons. The van der Waals surface area contributed by atoms with Gasteiger partial charge in [-0.3, -0.25) is 4.90 Å². The Kier molecular flexibility index (Phi) is 8.07. The predicted molar refractivity (Wildman–Crippen MR) is 97.1 cm³/mol. The van der Waals surface area contributed by atoms with E-state index in [9.17, 15) is 5.11 Å². The van der Waals surface area contributed by atoms with Gasteiger partial charge in [-0.05, 0) is 24.8 Å². The molecule has 7 heteroatoms. The summed E-state index contributed by atoms with van der Waals surface area (Å²) < 4.78 is 0. The smallest absolute Gasteiger partial charge is 0.140 e.